The molecule has 0 saturated carbocycles. The summed E-state index contributed by atoms with van der Waals surface area (Å²) in [6, 6.07) is 8.20. The summed E-state index contributed by atoms with van der Waals surface area (Å²) in [4.78, 5) is 0. The Morgan fingerprint density at radius 3 is 0.857 bits per heavy atom. The minimum Gasteiger partial charge on any atom is -0.437 e. The van der Waals surface area contributed by atoms with Crippen molar-refractivity contribution in [3.63, 3.8) is 0 Å². The van der Waals surface area contributed by atoms with Crippen molar-refractivity contribution in [1.29, 1.82) is 10.5 Å². The van der Waals surface area contributed by atoms with Gasteiger partial charge in [0.1, 0.15) is 12.1 Å². The van der Waals surface area contributed by atoms with Crippen LogP contribution in [0.15, 0.2) is 12.1 Å². The summed E-state index contributed by atoms with van der Waals surface area (Å²) in [5.74, 6) is 0. The lowest BCUT2D eigenvalue weighted by atomic mass is 10.1. The highest BCUT2D eigenvalue weighted by Gasteiger charge is 2.47. The van der Waals surface area contributed by atoms with Crippen LogP contribution < -0.4 is 10.4 Å². The molecule has 0 aliphatic carbocycles. The molecule has 0 aromatic heterocycles. The molecule has 0 spiro atoms. The van der Waals surface area contributed by atoms with Crippen LogP contribution in [0.2, 0.25) is 118 Å². The molecule has 16 heteroatoms. The van der Waals surface area contributed by atoms with Gasteiger partial charge >= 0.3 is 34.2 Å². The molecule has 1 aromatic carbocycles. The van der Waals surface area contributed by atoms with Crippen molar-refractivity contribution in [2.24, 2.45) is 0 Å². The molecule has 8 nitrogen and oxygen atoms in total. The van der Waals surface area contributed by atoms with Gasteiger partial charge in [0.2, 0.25) is 16.6 Å². The fraction of sp³-hybridized carbons (Fsp3) is 0.692. The highest BCUT2D eigenvalue weighted by atomic mass is 28.5. The zero-order valence-electron chi connectivity index (χ0n) is 29.5. The molecule has 0 radical (unpaired) electrons. The van der Waals surface area contributed by atoms with E-state index in [1.54, 1.807) is 0 Å². The van der Waals surface area contributed by atoms with Gasteiger partial charge in [-0.2, -0.15) is 10.5 Å². The molecule has 0 fully saturated rings. The van der Waals surface area contributed by atoms with Gasteiger partial charge in [-0.25, -0.2) is 0 Å². The van der Waals surface area contributed by atoms with Crippen LogP contribution in [0.5, 0.6) is 0 Å². The van der Waals surface area contributed by atoms with Crippen molar-refractivity contribution in [3.05, 3.63) is 23.3 Å². The molecular weight excluding hydrogens is 661 g/mol. The van der Waals surface area contributed by atoms with Gasteiger partial charge in [-0.15, -0.1) is 0 Å². The van der Waals surface area contributed by atoms with Gasteiger partial charge in [-0.1, -0.05) is 0 Å². The Kier molecular flexibility index (Phi) is 12.5. The quantitative estimate of drug-likeness (QED) is 0.193. The standard InChI is InChI=1S/C26H56N2O6Si8/c1-35(2,3)29-39(11,12)33-41(15,16)31-37(7,8)25-19-23(21-27)24(22-28)20-26(25)38(9,10)32-42(17,18)34-40(13,14)30-36(4,5)6/h19-20H,1-18H3. The second-order valence-electron chi connectivity index (χ2n) is 15.6. The average molecular weight is 717 g/mol. The summed E-state index contributed by atoms with van der Waals surface area (Å²) in [5.41, 5.74) is 0.708. The van der Waals surface area contributed by atoms with Gasteiger partial charge in [0.05, 0.1) is 11.1 Å². The number of hydrogen-bond acceptors (Lipinski definition) is 8. The van der Waals surface area contributed by atoms with Crippen LogP contribution in [-0.2, 0) is 24.7 Å². The smallest absolute Gasteiger partial charge is 0.312 e. The summed E-state index contributed by atoms with van der Waals surface area (Å²) in [6.07, 6.45) is 0. The summed E-state index contributed by atoms with van der Waals surface area (Å²) in [5, 5.41) is 21.8. The molecule has 0 unspecified atom stereocenters. The van der Waals surface area contributed by atoms with Gasteiger partial charge < -0.3 is 24.7 Å². The summed E-state index contributed by atoms with van der Waals surface area (Å²) in [6.45, 7) is 38.3. The molecule has 1 rings (SSSR count). The second kappa shape index (κ2) is 13.2. The minimum atomic E-state index is -2.69. The van der Waals surface area contributed by atoms with Gasteiger partial charge in [-0.05, 0) is 140 Å². The zero-order valence-corrected chi connectivity index (χ0v) is 37.5. The fourth-order valence-electron chi connectivity index (χ4n) is 5.86. The monoisotopic (exact) mass is 716 g/mol. The molecule has 0 aliphatic rings. The predicted octanol–water partition coefficient (Wildman–Crippen LogP) is 6.83. The third-order valence-electron chi connectivity index (χ3n) is 5.78. The normalized spacial score (nSPS) is 14.5. The van der Waals surface area contributed by atoms with Crippen LogP contribution in [0.3, 0.4) is 0 Å². The first-order chi connectivity index (χ1) is 18.4. The molecule has 238 valence electrons. The van der Waals surface area contributed by atoms with E-state index in [4.69, 9.17) is 24.7 Å². The maximum atomic E-state index is 9.95. The van der Waals surface area contributed by atoms with E-state index < -0.39 is 67.5 Å². The van der Waals surface area contributed by atoms with E-state index in [-0.39, 0.29) is 0 Å². The van der Waals surface area contributed by atoms with Gasteiger partial charge in [-0.3, -0.25) is 0 Å². The molecule has 0 heterocycles. The van der Waals surface area contributed by atoms with Crippen LogP contribution in [0.4, 0.5) is 0 Å². The van der Waals surface area contributed by atoms with Crippen molar-refractivity contribution in [2.75, 3.05) is 0 Å². The fourth-order valence-corrected chi connectivity index (χ4v) is 44.2. The first kappa shape index (κ1) is 39.7. The van der Waals surface area contributed by atoms with Crippen molar-refractivity contribution in [3.8, 4) is 12.1 Å². The average Bonchev–Trinajstić information content (AvgIpc) is 2.64. The molecule has 0 atom stereocenters. The predicted molar refractivity (Wildman–Crippen MR) is 193 cm³/mol. The Morgan fingerprint density at radius 2 is 0.643 bits per heavy atom. The Hall–Kier alpha value is -0.305. The van der Waals surface area contributed by atoms with E-state index in [2.05, 4.69) is 130 Å². The highest BCUT2D eigenvalue weighted by Crippen LogP contribution is 2.27. The number of rotatable bonds is 14. The maximum absolute atomic E-state index is 9.95. The van der Waals surface area contributed by atoms with E-state index in [9.17, 15) is 10.5 Å². The molecule has 42 heavy (non-hydrogen) atoms. The molecule has 0 aliphatic heterocycles. The number of benzene rings is 1. The van der Waals surface area contributed by atoms with Crippen molar-refractivity contribution < 1.29 is 24.7 Å². The lowest BCUT2D eigenvalue weighted by Gasteiger charge is -2.43. The SMILES string of the molecule is C[Si](C)(C)O[Si](C)(C)O[Si](C)(C)O[Si](C)(C)c1cc(C#N)c(C#N)cc1[Si](C)(C)O[Si](C)(C)O[Si](C)(C)O[Si](C)(C)C. The number of hydrogen-bond donors (Lipinski definition) is 0. The zero-order chi connectivity index (χ0) is 33.4. The Labute approximate surface area is 265 Å². The first-order valence-electron chi connectivity index (χ1n) is 14.6. The van der Waals surface area contributed by atoms with E-state index in [0.717, 1.165) is 10.4 Å². The van der Waals surface area contributed by atoms with Crippen molar-refractivity contribution >= 4 is 77.9 Å². The number of nitrogens with zero attached hydrogens (tertiary/aromatic N) is 2. The number of nitriles is 2. The molecular formula is C26H56N2O6Si8. The lowest BCUT2D eigenvalue weighted by molar-refractivity contribution is 0.329. The van der Waals surface area contributed by atoms with E-state index >= 15 is 0 Å². The molecule has 0 saturated heterocycles. The topological polar surface area (TPSA) is 103 Å². The van der Waals surface area contributed by atoms with Crippen LogP contribution in [0, 0.1) is 22.7 Å². The van der Waals surface area contributed by atoms with E-state index in [1.807, 2.05) is 12.1 Å². The van der Waals surface area contributed by atoms with Gasteiger partial charge in [0, 0.05) is 0 Å². The van der Waals surface area contributed by atoms with Crippen molar-refractivity contribution in [2.45, 2.75) is 118 Å². The van der Waals surface area contributed by atoms with Crippen LogP contribution in [-0.4, -0.2) is 67.5 Å². The summed E-state index contributed by atoms with van der Waals surface area (Å²) < 4.78 is 40.4. The van der Waals surface area contributed by atoms with Crippen molar-refractivity contribution in [1.82, 2.24) is 0 Å². The Balaban J connectivity index is 3.61. The third kappa shape index (κ3) is 13.0. The molecule has 0 amide bonds. The van der Waals surface area contributed by atoms with Crippen LogP contribution >= 0.6 is 0 Å². The Bertz CT molecular complexity index is 1120. The largest absolute Gasteiger partial charge is 0.437 e. The first-order valence-corrected chi connectivity index (χ1v) is 38.5. The molecule has 0 N–H and O–H groups in total. The molecule has 0 bridgehead atoms. The molecule has 1 aromatic rings. The second-order valence-corrected chi connectivity index (χ2v) is 47.3. The lowest BCUT2D eigenvalue weighted by Crippen LogP contribution is -2.67. The minimum absolute atomic E-state index is 0.354. The summed E-state index contributed by atoms with van der Waals surface area (Å²) >= 11 is 0. The Morgan fingerprint density at radius 1 is 0.405 bits per heavy atom. The summed E-state index contributed by atoms with van der Waals surface area (Å²) in [7, 11) is -19.2. The third-order valence-corrected chi connectivity index (χ3v) is 34.2. The van der Waals surface area contributed by atoms with Gasteiger partial charge in [0.25, 0.3) is 0 Å². The van der Waals surface area contributed by atoms with E-state index in [1.165, 1.54) is 0 Å². The van der Waals surface area contributed by atoms with E-state index in [0.29, 0.717) is 11.1 Å². The van der Waals surface area contributed by atoms with Crippen LogP contribution in [0.1, 0.15) is 11.1 Å². The van der Waals surface area contributed by atoms with Gasteiger partial charge in [0.15, 0.2) is 16.6 Å². The van der Waals surface area contributed by atoms with Crippen LogP contribution in [0.25, 0.3) is 0 Å². The highest BCUT2D eigenvalue weighted by molar-refractivity contribution is 7.00. The maximum Gasteiger partial charge on any atom is 0.312 e.